The maximum Gasteiger partial charge on any atom is 0.294 e. The molecule has 0 aliphatic carbocycles. The maximum absolute atomic E-state index is 11.3. The molecule has 0 radical (unpaired) electrons. The monoisotopic (exact) mass is 224 g/mol. The van der Waals surface area contributed by atoms with E-state index < -0.39 is 4.92 Å². The average molecular weight is 224 g/mol. The molecule has 0 fully saturated rings. The molecule has 1 aromatic rings. The molecule has 0 atom stereocenters. The Balaban J connectivity index is 3.00. The highest BCUT2D eigenvalue weighted by Gasteiger charge is 2.20. The third kappa shape index (κ3) is 2.83. The third-order valence-electron chi connectivity index (χ3n) is 2.05. The van der Waals surface area contributed by atoms with E-state index in [0.717, 1.165) is 0 Å². The summed E-state index contributed by atoms with van der Waals surface area (Å²) >= 11 is 0. The zero-order valence-electron chi connectivity index (χ0n) is 9.10. The summed E-state index contributed by atoms with van der Waals surface area (Å²) in [5.74, 6) is -0.233. The van der Waals surface area contributed by atoms with Gasteiger partial charge in [-0.05, 0) is 13.0 Å². The molecular formula is C10H12N2O4. The fraction of sp³-hybridized carbons (Fsp3) is 0.400. The Morgan fingerprint density at radius 1 is 1.62 bits per heavy atom. The van der Waals surface area contributed by atoms with Crippen LogP contribution in [0.3, 0.4) is 0 Å². The summed E-state index contributed by atoms with van der Waals surface area (Å²) in [4.78, 5) is 25.5. The van der Waals surface area contributed by atoms with E-state index in [0.29, 0.717) is 5.56 Å². The zero-order chi connectivity index (χ0) is 12.1. The van der Waals surface area contributed by atoms with Crippen molar-refractivity contribution in [2.24, 2.45) is 0 Å². The quantitative estimate of drug-likeness (QED) is 0.551. The van der Waals surface area contributed by atoms with E-state index in [1.807, 2.05) is 0 Å². The van der Waals surface area contributed by atoms with Crippen molar-refractivity contribution in [2.45, 2.75) is 13.3 Å². The summed E-state index contributed by atoms with van der Waals surface area (Å²) in [5, 5.41) is 10.8. The van der Waals surface area contributed by atoms with Gasteiger partial charge in [-0.1, -0.05) is 0 Å². The van der Waals surface area contributed by atoms with Crippen LogP contribution in [0.15, 0.2) is 12.3 Å². The predicted octanol–water partition coefficient (Wildman–Crippen LogP) is 1.06. The van der Waals surface area contributed by atoms with Crippen molar-refractivity contribution < 1.29 is 14.5 Å². The number of rotatable bonds is 5. The number of nitro groups is 1. The number of pyridine rings is 1. The lowest BCUT2D eigenvalue weighted by Gasteiger charge is -2.03. The SMILES string of the molecule is COCC(=O)Cc1nccc(C)c1[N+](=O)[O-]. The second-order valence-electron chi connectivity index (χ2n) is 3.33. The van der Waals surface area contributed by atoms with Gasteiger partial charge in [-0.15, -0.1) is 0 Å². The molecule has 0 N–H and O–H groups in total. The third-order valence-corrected chi connectivity index (χ3v) is 2.05. The smallest absolute Gasteiger partial charge is 0.294 e. The van der Waals surface area contributed by atoms with Crippen LogP contribution >= 0.6 is 0 Å². The van der Waals surface area contributed by atoms with Crippen LogP contribution < -0.4 is 0 Å². The van der Waals surface area contributed by atoms with Crippen LogP contribution in [0.2, 0.25) is 0 Å². The Morgan fingerprint density at radius 3 is 2.88 bits per heavy atom. The average Bonchev–Trinajstić information content (AvgIpc) is 2.17. The molecule has 0 aliphatic rings. The molecule has 0 aromatic carbocycles. The highest BCUT2D eigenvalue weighted by atomic mass is 16.6. The number of methoxy groups -OCH3 is 1. The van der Waals surface area contributed by atoms with Crippen LogP contribution in [-0.4, -0.2) is 29.4 Å². The van der Waals surface area contributed by atoms with Gasteiger partial charge in [0.1, 0.15) is 12.3 Å². The number of ether oxygens (including phenoxy) is 1. The molecule has 1 rings (SSSR count). The number of aromatic nitrogens is 1. The molecule has 86 valence electrons. The number of hydrogen-bond acceptors (Lipinski definition) is 5. The largest absolute Gasteiger partial charge is 0.377 e. The summed E-state index contributed by atoms with van der Waals surface area (Å²) in [6, 6.07) is 1.54. The molecule has 1 heterocycles. The normalized spacial score (nSPS) is 10.1. The van der Waals surface area contributed by atoms with Crippen LogP contribution in [0, 0.1) is 17.0 Å². The van der Waals surface area contributed by atoms with Crippen LogP contribution in [0.1, 0.15) is 11.3 Å². The lowest BCUT2D eigenvalue weighted by Crippen LogP contribution is -2.12. The fourth-order valence-corrected chi connectivity index (χ4v) is 1.38. The molecule has 0 unspecified atom stereocenters. The first-order valence-corrected chi connectivity index (χ1v) is 4.65. The molecule has 0 saturated carbocycles. The maximum atomic E-state index is 11.3. The fourth-order valence-electron chi connectivity index (χ4n) is 1.38. The summed E-state index contributed by atoms with van der Waals surface area (Å²) in [6.45, 7) is 1.55. The van der Waals surface area contributed by atoms with Gasteiger partial charge >= 0.3 is 0 Å². The molecule has 6 nitrogen and oxygen atoms in total. The van der Waals surface area contributed by atoms with Gasteiger partial charge in [0.05, 0.1) is 11.3 Å². The van der Waals surface area contributed by atoms with Crippen molar-refractivity contribution in [3.63, 3.8) is 0 Å². The van der Waals surface area contributed by atoms with E-state index in [2.05, 4.69) is 9.72 Å². The zero-order valence-corrected chi connectivity index (χ0v) is 9.10. The number of carbonyl (C=O) groups is 1. The standard InChI is InChI=1S/C10H12N2O4/c1-7-3-4-11-9(10(7)12(14)15)5-8(13)6-16-2/h3-4H,5-6H2,1-2H3. The lowest BCUT2D eigenvalue weighted by molar-refractivity contribution is -0.386. The number of nitrogens with zero attached hydrogens (tertiary/aromatic N) is 2. The van der Waals surface area contributed by atoms with E-state index in [4.69, 9.17) is 0 Å². The van der Waals surface area contributed by atoms with Crippen molar-refractivity contribution in [3.8, 4) is 0 Å². The van der Waals surface area contributed by atoms with E-state index in [1.165, 1.54) is 13.3 Å². The second kappa shape index (κ2) is 5.32. The van der Waals surface area contributed by atoms with Gasteiger partial charge in [0.25, 0.3) is 5.69 Å². The summed E-state index contributed by atoms with van der Waals surface area (Å²) in [7, 11) is 1.40. The molecule has 0 aliphatic heterocycles. The summed E-state index contributed by atoms with van der Waals surface area (Å²) in [5.41, 5.74) is 0.596. The Labute approximate surface area is 92.4 Å². The van der Waals surface area contributed by atoms with Gasteiger partial charge in [-0.25, -0.2) is 0 Å². The summed E-state index contributed by atoms with van der Waals surface area (Å²) < 4.78 is 4.66. The topological polar surface area (TPSA) is 82.3 Å². The Kier molecular flexibility index (Phi) is 4.07. The number of aryl methyl sites for hydroxylation is 1. The predicted molar refractivity (Wildman–Crippen MR) is 56.2 cm³/mol. The molecule has 16 heavy (non-hydrogen) atoms. The molecular weight excluding hydrogens is 212 g/mol. The summed E-state index contributed by atoms with van der Waals surface area (Å²) in [6.07, 6.45) is 1.38. The molecule has 6 heteroatoms. The number of Topliss-reactive ketones (excluding diaryl/α,β-unsaturated/α-hetero) is 1. The van der Waals surface area contributed by atoms with E-state index >= 15 is 0 Å². The van der Waals surface area contributed by atoms with Crippen LogP contribution in [0.5, 0.6) is 0 Å². The molecule has 0 bridgehead atoms. The van der Waals surface area contributed by atoms with Crippen molar-refractivity contribution in [1.29, 1.82) is 0 Å². The first-order chi connectivity index (χ1) is 7.56. The van der Waals surface area contributed by atoms with Crippen LogP contribution in [0.25, 0.3) is 0 Å². The molecule has 0 spiro atoms. The Hall–Kier alpha value is -1.82. The van der Waals surface area contributed by atoms with Gasteiger partial charge < -0.3 is 4.74 Å². The highest BCUT2D eigenvalue weighted by molar-refractivity contribution is 5.82. The minimum Gasteiger partial charge on any atom is -0.377 e. The van der Waals surface area contributed by atoms with E-state index in [9.17, 15) is 14.9 Å². The molecule has 1 aromatic heterocycles. The van der Waals surface area contributed by atoms with E-state index in [-0.39, 0.29) is 30.2 Å². The van der Waals surface area contributed by atoms with Gasteiger partial charge in [0.15, 0.2) is 5.78 Å². The van der Waals surface area contributed by atoms with Gasteiger partial charge in [-0.3, -0.25) is 19.9 Å². The first-order valence-electron chi connectivity index (χ1n) is 4.65. The second-order valence-corrected chi connectivity index (χ2v) is 3.33. The number of ketones is 1. The molecule has 0 amide bonds. The molecule has 0 saturated heterocycles. The van der Waals surface area contributed by atoms with Crippen LogP contribution in [0.4, 0.5) is 5.69 Å². The minimum atomic E-state index is -0.516. The van der Waals surface area contributed by atoms with Crippen molar-refractivity contribution in [1.82, 2.24) is 4.98 Å². The minimum absolute atomic E-state index is 0.0627. The van der Waals surface area contributed by atoms with Crippen molar-refractivity contribution >= 4 is 11.5 Å². The Morgan fingerprint density at radius 2 is 2.31 bits per heavy atom. The number of hydrogen-bond donors (Lipinski definition) is 0. The van der Waals surface area contributed by atoms with Crippen molar-refractivity contribution in [3.05, 3.63) is 33.6 Å². The van der Waals surface area contributed by atoms with Gasteiger partial charge in [0.2, 0.25) is 0 Å². The lowest BCUT2D eigenvalue weighted by atomic mass is 10.1. The van der Waals surface area contributed by atoms with Crippen LogP contribution in [-0.2, 0) is 16.0 Å². The Bertz CT molecular complexity index is 417. The highest BCUT2D eigenvalue weighted by Crippen LogP contribution is 2.21. The first kappa shape index (κ1) is 12.3. The number of carbonyl (C=O) groups excluding carboxylic acids is 1. The van der Waals surface area contributed by atoms with Crippen molar-refractivity contribution in [2.75, 3.05) is 13.7 Å². The van der Waals surface area contributed by atoms with Gasteiger partial charge in [-0.2, -0.15) is 0 Å². The van der Waals surface area contributed by atoms with Gasteiger partial charge in [0, 0.05) is 18.9 Å². The van der Waals surface area contributed by atoms with E-state index in [1.54, 1.807) is 13.0 Å².